The predicted octanol–water partition coefficient (Wildman–Crippen LogP) is 7.31. The Morgan fingerprint density at radius 3 is 2.80 bits per heavy atom. The Kier molecular flexibility index (Phi) is 14.0. The fourth-order valence-electron chi connectivity index (χ4n) is 5.72. The van der Waals surface area contributed by atoms with Gasteiger partial charge in [0.05, 0.1) is 19.8 Å². The van der Waals surface area contributed by atoms with Crippen molar-refractivity contribution < 1.29 is 19.0 Å². The van der Waals surface area contributed by atoms with Gasteiger partial charge in [0, 0.05) is 37.5 Å². The fraction of sp³-hybridized carbons (Fsp3) is 0.629. The van der Waals surface area contributed by atoms with E-state index in [1.165, 1.54) is 28.8 Å². The maximum Gasteiger partial charge on any atom is 0.328 e. The number of likely N-dealkylation sites (tertiary alicyclic amines) is 1. The Morgan fingerprint density at radius 1 is 1.24 bits per heavy atom. The van der Waals surface area contributed by atoms with Gasteiger partial charge in [-0.25, -0.2) is 4.79 Å². The van der Waals surface area contributed by atoms with Crippen molar-refractivity contribution in [1.82, 2.24) is 10.2 Å². The second-order valence-electron chi connectivity index (χ2n) is 11.7. The van der Waals surface area contributed by atoms with Crippen molar-refractivity contribution >= 4 is 5.97 Å². The number of carbonyl (C=O) groups is 1. The molecule has 0 aliphatic carbocycles. The summed E-state index contributed by atoms with van der Waals surface area (Å²) in [6, 6.07) is 5.79. The molecule has 1 aromatic carbocycles. The highest BCUT2D eigenvalue weighted by atomic mass is 16.5. The maximum atomic E-state index is 13.2. The standard InChI is InChI=1S/C35H54N2O4/c1-7-26(3)23-29-16-18-32(33(24-29)39-6)34(35(38)40-8-2)37-21-19-31(25-37)41-22-11-9-10-13-27(4)15-17-30-14-12-20-36-28(30)5/h15-18,24,26,31,34,36H,4,7-14,19-23,25H2,1-3,5-6H3/b17-15-/t26?,31-,34?/m1/s1. The highest BCUT2D eigenvalue weighted by molar-refractivity contribution is 5.79. The largest absolute Gasteiger partial charge is 0.496 e. The number of nitrogens with zero attached hydrogens (tertiary/aromatic N) is 1. The molecule has 2 aliphatic heterocycles. The Balaban J connectivity index is 1.47. The topological polar surface area (TPSA) is 60.0 Å². The van der Waals surface area contributed by atoms with Crippen molar-refractivity contribution in [3.05, 3.63) is 64.9 Å². The van der Waals surface area contributed by atoms with E-state index in [2.05, 4.69) is 67.9 Å². The molecule has 0 amide bonds. The lowest BCUT2D eigenvalue weighted by atomic mass is 9.95. The molecule has 0 aromatic heterocycles. The number of hydrogen-bond donors (Lipinski definition) is 1. The number of hydrogen-bond acceptors (Lipinski definition) is 6. The molecule has 2 unspecified atom stereocenters. The van der Waals surface area contributed by atoms with Gasteiger partial charge in [-0.3, -0.25) is 4.90 Å². The number of carbonyl (C=O) groups excluding carboxylic acids is 1. The Morgan fingerprint density at radius 2 is 2.07 bits per heavy atom. The van der Waals surface area contributed by atoms with Gasteiger partial charge in [-0.05, 0) is 81.9 Å². The normalized spacial score (nSPS) is 19.3. The third-order valence-electron chi connectivity index (χ3n) is 8.44. The molecule has 2 aliphatic rings. The number of esters is 1. The molecule has 6 nitrogen and oxygen atoms in total. The molecular formula is C35H54N2O4. The highest BCUT2D eigenvalue weighted by Gasteiger charge is 2.36. The second-order valence-corrected chi connectivity index (χ2v) is 11.7. The first kappa shape index (κ1) is 32.9. The van der Waals surface area contributed by atoms with Crippen LogP contribution in [0.3, 0.4) is 0 Å². The summed E-state index contributed by atoms with van der Waals surface area (Å²) in [6.07, 6.45) is 14.2. The Bertz CT molecular complexity index is 1050. The van der Waals surface area contributed by atoms with Crippen molar-refractivity contribution in [3.8, 4) is 5.75 Å². The number of allylic oxidation sites excluding steroid dienone is 5. The third kappa shape index (κ3) is 10.3. The average Bonchev–Trinajstić information content (AvgIpc) is 3.43. The zero-order chi connectivity index (χ0) is 29.6. The molecule has 228 valence electrons. The summed E-state index contributed by atoms with van der Waals surface area (Å²) in [5.74, 6) is 1.14. The minimum absolute atomic E-state index is 0.126. The monoisotopic (exact) mass is 566 g/mol. The van der Waals surface area contributed by atoms with Crippen LogP contribution < -0.4 is 10.1 Å². The van der Waals surface area contributed by atoms with Crippen molar-refractivity contribution in [2.75, 3.05) is 40.0 Å². The van der Waals surface area contributed by atoms with E-state index in [9.17, 15) is 4.79 Å². The third-order valence-corrected chi connectivity index (χ3v) is 8.44. The maximum absolute atomic E-state index is 13.2. The summed E-state index contributed by atoms with van der Waals surface area (Å²) in [4.78, 5) is 15.4. The van der Waals surface area contributed by atoms with Crippen molar-refractivity contribution in [1.29, 1.82) is 0 Å². The minimum Gasteiger partial charge on any atom is -0.496 e. The van der Waals surface area contributed by atoms with Gasteiger partial charge in [0.2, 0.25) is 0 Å². The zero-order valence-corrected chi connectivity index (χ0v) is 26.3. The summed E-state index contributed by atoms with van der Waals surface area (Å²) in [5.41, 5.74) is 6.00. The quantitative estimate of drug-likeness (QED) is 0.121. The molecule has 1 N–H and O–H groups in total. The molecule has 1 fully saturated rings. The molecule has 3 atom stereocenters. The van der Waals surface area contributed by atoms with E-state index in [1.54, 1.807) is 7.11 Å². The van der Waals surface area contributed by atoms with Gasteiger partial charge in [-0.2, -0.15) is 0 Å². The van der Waals surface area contributed by atoms with E-state index in [0.717, 1.165) is 82.4 Å². The molecule has 0 saturated carbocycles. The van der Waals surface area contributed by atoms with Crippen LogP contribution in [0.2, 0.25) is 0 Å². The number of methoxy groups -OCH3 is 1. The van der Waals surface area contributed by atoms with Gasteiger partial charge in [0.1, 0.15) is 11.8 Å². The molecule has 41 heavy (non-hydrogen) atoms. The van der Waals surface area contributed by atoms with Crippen molar-refractivity contribution in [2.24, 2.45) is 5.92 Å². The van der Waals surface area contributed by atoms with E-state index >= 15 is 0 Å². The van der Waals surface area contributed by atoms with Gasteiger partial charge in [0.15, 0.2) is 0 Å². The van der Waals surface area contributed by atoms with Crippen LogP contribution in [-0.4, -0.2) is 56.9 Å². The van der Waals surface area contributed by atoms with Crippen LogP contribution in [0, 0.1) is 5.92 Å². The lowest BCUT2D eigenvalue weighted by molar-refractivity contribution is -0.149. The van der Waals surface area contributed by atoms with E-state index in [4.69, 9.17) is 14.2 Å². The number of unbranched alkanes of at least 4 members (excludes halogenated alkanes) is 2. The van der Waals surface area contributed by atoms with E-state index < -0.39 is 6.04 Å². The molecule has 1 saturated heterocycles. The van der Waals surface area contributed by atoms with Gasteiger partial charge in [-0.1, -0.05) is 63.1 Å². The summed E-state index contributed by atoms with van der Waals surface area (Å²) in [5, 5.41) is 3.44. The Labute approximate surface area is 249 Å². The minimum atomic E-state index is -0.487. The number of rotatable bonds is 17. The molecule has 3 rings (SSSR count). The lowest BCUT2D eigenvalue weighted by Gasteiger charge is -2.28. The summed E-state index contributed by atoms with van der Waals surface area (Å²) < 4.78 is 17.6. The van der Waals surface area contributed by atoms with Crippen LogP contribution in [0.25, 0.3) is 0 Å². The van der Waals surface area contributed by atoms with Crippen LogP contribution in [-0.2, 0) is 20.7 Å². The predicted molar refractivity (Wildman–Crippen MR) is 168 cm³/mol. The summed E-state index contributed by atoms with van der Waals surface area (Å²) in [6.45, 7) is 16.4. The molecule has 1 aromatic rings. The average molecular weight is 567 g/mol. The molecule has 0 radical (unpaired) electrons. The lowest BCUT2D eigenvalue weighted by Crippen LogP contribution is -2.35. The SMILES string of the molecule is C=C(/C=C\C1=C(C)NCCC1)CCCCCO[C@@H]1CCN(C(C(=O)OCC)c2ccc(CC(C)CC)cc2OC)C1. The highest BCUT2D eigenvalue weighted by Crippen LogP contribution is 2.35. The van der Waals surface area contributed by atoms with Gasteiger partial charge in [0.25, 0.3) is 0 Å². The van der Waals surface area contributed by atoms with Crippen LogP contribution in [0.5, 0.6) is 5.75 Å². The van der Waals surface area contributed by atoms with Crippen LogP contribution in [0.15, 0.2) is 53.8 Å². The summed E-state index contributed by atoms with van der Waals surface area (Å²) in [7, 11) is 1.68. The number of nitrogens with one attached hydrogen (secondary N) is 1. The molecule has 2 heterocycles. The first-order valence-corrected chi connectivity index (χ1v) is 15.8. The van der Waals surface area contributed by atoms with Crippen molar-refractivity contribution in [3.63, 3.8) is 0 Å². The van der Waals surface area contributed by atoms with Crippen LogP contribution >= 0.6 is 0 Å². The molecule has 0 bridgehead atoms. The first-order chi connectivity index (χ1) is 19.9. The molecule has 6 heteroatoms. The molecular weight excluding hydrogens is 512 g/mol. The van der Waals surface area contributed by atoms with Crippen LogP contribution in [0.1, 0.15) is 96.2 Å². The first-order valence-electron chi connectivity index (χ1n) is 15.8. The zero-order valence-electron chi connectivity index (χ0n) is 26.3. The number of benzene rings is 1. The molecule has 0 spiro atoms. The smallest absolute Gasteiger partial charge is 0.328 e. The van der Waals surface area contributed by atoms with E-state index in [1.807, 2.05) is 6.92 Å². The summed E-state index contributed by atoms with van der Waals surface area (Å²) >= 11 is 0. The Hall–Kier alpha value is -2.57. The van der Waals surface area contributed by atoms with Crippen molar-refractivity contribution in [2.45, 2.75) is 97.6 Å². The van der Waals surface area contributed by atoms with Gasteiger partial charge < -0.3 is 19.5 Å². The van der Waals surface area contributed by atoms with Gasteiger partial charge in [-0.15, -0.1) is 0 Å². The van der Waals surface area contributed by atoms with Crippen LogP contribution in [0.4, 0.5) is 0 Å². The number of ether oxygens (including phenoxy) is 3. The second kappa shape index (κ2) is 17.4. The van der Waals surface area contributed by atoms with E-state index in [0.29, 0.717) is 19.1 Å². The van der Waals surface area contributed by atoms with Gasteiger partial charge >= 0.3 is 5.97 Å². The fourth-order valence-corrected chi connectivity index (χ4v) is 5.72. The van der Waals surface area contributed by atoms with E-state index in [-0.39, 0.29) is 12.1 Å².